The summed E-state index contributed by atoms with van der Waals surface area (Å²) in [6.07, 6.45) is 0.795. The number of hydrogen-bond acceptors (Lipinski definition) is 5. The number of carbonyl (C=O) groups is 3. The van der Waals surface area contributed by atoms with Crippen molar-refractivity contribution in [1.82, 2.24) is 10.6 Å². The van der Waals surface area contributed by atoms with Crippen molar-refractivity contribution in [3.63, 3.8) is 0 Å². The lowest BCUT2D eigenvalue weighted by Crippen LogP contribution is -2.43. The van der Waals surface area contributed by atoms with Crippen LogP contribution in [0, 0.1) is 5.92 Å². The van der Waals surface area contributed by atoms with Crippen molar-refractivity contribution in [1.29, 1.82) is 0 Å². The Bertz CT molecular complexity index is 397. The van der Waals surface area contributed by atoms with E-state index in [1.165, 1.54) is 0 Å². The molecule has 0 aromatic rings. The van der Waals surface area contributed by atoms with Crippen LogP contribution in [0.5, 0.6) is 0 Å². The number of esters is 1. The Hall–Kier alpha value is -1.63. The predicted octanol–water partition coefficient (Wildman–Crippen LogP) is 0.287. The molecule has 7 heteroatoms. The lowest BCUT2D eigenvalue weighted by atomic mass is 10.0. The monoisotopic (exact) mass is 300 g/mol. The van der Waals surface area contributed by atoms with Gasteiger partial charge in [0.2, 0.25) is 5.91 Å². The summed E-state index contributed by atoms with van der Waals surface area (Å²) in [5.74, 6) is -2.00. The zero-order chi connectivity index (χ0) is 16.0. The first-order valence-electron chi connectivity index (χ1n) is 7.12. The van der Waals surface area contributed by atoms with Crippen LogP contribution in [0.3, 0.4) is 0 Å². The molecule has 1 saturated heterocycles. The van der Waals surface area contributed by atoms with Crippen molar-refractivity contribution >= 4 is 17.8 Å². The minimum absolute atomic E-state index is 0.223. The van der Waals surface area contributed by atoms with Crippen LogP contribution in [0.1, 0.15) is 40.0 Å². The van der Waals surface area contributed by atoms with E-state index in [0.29, 0.717) is 0 Å². The molecule has 0 aromatic carbocycles. The molecule has 0 saturated carbocycles. The van der Waals surface area contributed by atoms with Crippen molar-refractivity contribution in [3.05, 3.63) is 0 Å². The molecule has 1 heterocycles. The maximum atomic E-state index is 11.8. The van der Waals surface area contributed by atoms with E-state index >= 15 is 0 Å². The Morgan fingerprint density at radius 2 is 2.05 bits per heavy atom. The lowest BCUT2D eigenvalue weighted by molar-refractivity contribution is -0.158. The molecular weight excluding hydrogens is 276 g/mol. The van der Waals surface area contributed by atoms with Crippen LogP contribution in [0.2, 0.25) is 0 Å². The molecule has 1 amide bonds. The third-order valence-electron chi connectivity index (χ3n) is 3.06. The molecule has 120 valence electrons. The number of carboxylic acids is 1. The van der Waals surface area contributed by atoms with Crippen LogP contribution in [0.4, 0.5) is 0 Å². The molecule has 1 aliphatic rings. The van der Waals surface area contributed by atoms with Gasteiger partial charge in [-0.1, -0.05) is 0 Å². The molecule has 1 fully saturated rings. The van der Waals surface area contributed by atoms with Crippen molar-refractivity contribution < 1.29 is 24.2 Å². The first-order chi connectivity index (χ1) is 9.67. The number of hydrogen-bond donors (Lipinski definition) is 3. The topological polar surface area (TPSA) is 105 Å². The fourth-order valence-electron chi connectivity index (χ4n) is 2.15. The van der Waals surface area contributed by atoms with Crippen LogP contribution in [-0.4, -0.2) is 47.7 Å². The van der Waals surface area contributed by atoms with E-state index in [4.69, 9.17) is 9.84 Å². The molecule has 0 spiro atoms. The quantitative estimate of drug-likeness (QED) is 0.609. The van der Waals surface area contributed by atoms with Gasteiger partial charge in [0.05, 0.1) is 6.42 Å². The summed E-state index contributed by atoms with van der Waals surface area (Å²) in [5, 5.41) is 14.6. The van der Waals surface area contributed by atoms with Gasteiger partial charge < -0.3 is 20.5 Å². The molecule has 0 aliphatic carbocycles. The summed E-state index contributed by atoms with van der Waals surface area (Å²) in [4.78, 5) is 34.6. The number of ether oxygens (including phenoxy) is 1. The number of rotatable bonds is 6. The second-order valence-electron chi connectivity index (χ2n) is 6.31. The first-order valence-corrected chi connectivity index (χ1v) is 7.12. The van der Waals surface area contributed by atoms with Gasteiger partial charge in [-0.05, 0) is 46.2 Å². The van der Waals surface area contributed by atoms with Crippen LogP contribution >= 0.6 is 0 Å². The minimum atomic E-state index is -1.25. The summed E-state index contributed by atoms with van der Waals surface area (Å²) < 4.78 is 5.07. The maximum Gasteiger partial charge on any atom is 0.326 e. The van der Waals surface area contributed by atoms with Crippen LogP contribution < -0.4 is 10.6 Å². The molecular formula is C14H24N2O5. The Morgan fingerprint density at radius 3 is 2.52 bits per heavy atom. The summed E-state index contributed by atoms with van der Waals surface area (Å²) in [6.45, 7) is 6.74. The summed E-state index contributed by atoms with van der Waals surface area (Å²) in [7, 11) is 0. The average molecular weight is 300 g/mol. The van der Waals surface area contributed by atoms with E-state index < -0.39 is 23.6 Å². The van der Waals surface area contributed by atoms with Gasteiger partial charge in [-0.2, -0.15) is 0 Å². The molecule has 2 atom stereocenters. The van der Waals surface area contributed by atoms with E-state index in [1.54, 1.807) is 20.8 Å². The average Bonchev–Trinajstić information content (AvgIpc) is 2.77. The lowest BCUT2D eigenvalue weighted by Gasteiger charge is -2.21. The Labute approximate surface area is 124 Å². The van der Waals surface area contributed by atoms with Gasteiger partial charge in [-0.25, -0.2) is 4.79 Å². The molecule has 21 heavy (non-hydrogen) atoms. The van der Waals surface area contributed by atoms with Gasteiger partial charge in [0.1, 0.15) is 11.6 Å². The molecule has 1 unspecified atom stereocenters. The maximum absolute atomic E-state index is 11.8. The smallest absolute Gasteiger partial charge is 0.326 e. The number of amides is 1. The van der Waals surface area contributed by atoms with Gasteiger partial charge in [0.25, 0.3) is 0 Å². The molecule has 0 radical (unpaired) electrons. The first kappa shape index (κ1) is 17.4. The van der Waals surface area contributed by atoms with Crippen molar-refractivity contribution in [3.8, 4) is 0 Å². The molecule has 1 aliphatic heterocycles. The summed E-state index contributed by atoms with van der Waals surface area (Å²) >= 11 is 0. The van der Waals surface area contributed by atoms with E-state index in [2.05, 4.69) is 10.6 Å². The van der Waals surface area contributed by atoms with Crippen LogP contribution in [-0.2, 0) is 19.1 Å². The van der Waals surface area contributed by atoms with Gasteiger partial charge in [0.15, 0.2) is 0 Å². The summed E-state index contributed by atoms with van der Waals surface area (Å²) in [5.41, 5.74) is -0.681. The highest BCUT2D eigenvalue weighted by Gasteiger charge is 2.27. The van der Waals surface area contributed by atoms with Gasteiger partial charge in [-0.15, -0.1) is 0 Å². The van der Waals surface area contributed by atoms with Crippen molar-refractivity contribution in [2.24, 2.45) is 5.92 Å². The number of nitrogens with one attached hydrogen (secondary N) is 2. The second-order valence-corrected chi connectivity index (χ2v) is 6.31. The third kappa shape index (κ3) is 7.08. The van der Waals surface area contributed by atoms with Crippen molar-refractivity contribution in [2.75, 3.05) is 13.1 Å². The largest absolute Gasteiger partial charge is 0.480 e. The molecule has 3 N–H and O–H groups in total. The zero-order valence-electron chi connectivity index (χ0n) is 12.8. The highest BCUT2D eigenvalue weighted by atomic mass is 16.6. The van der Waals surface area contributed by atoms with Gasteiger partial charge in [-0.3, -0.25) is 9.59 Å². The fourth-order valence-corrected chi connectivity index (χ4v) is 2.15. The number of aliphatic carboxylic acids is 1. The standard InChI is InChI=1S/C14H24N2O5/c1-14(2,3)21-12(18)7-10(13(19)20)16-11(17)6-9-4-5-15-8-9/h9-10,15H,4-8H2,1-3H3,(H,16,17)(H,19,20)/t9?,10-/m0/s1. The molecule has 7 nitrogen and oxygen atoms in total. The predicted molar refractivity (Wildman–Crippen MR) is 75.6 cm³/mol. The van der Waals surface area contributed by atoms with E-state index in [-0.39, 0.29) is 24.7 Å². The van der Waals surface area contributed by atoms with E-state index in [9.17, 15) is 14.4 Å². The normalized spacial score (nSPS) is 19.9. The fraction of sp³-hybridized carbons (Fsp3) is 0.786. The van der Waals surface area contributed by atoms with E-state index in [0.717, 1.165) is 19.5 Å². The Kier molecular flexibility index (Phi) is 6.14. The van der Waals surface area contributed by atoms with Crippen LogP contribution in [0.25, 0.3) is 0 Å². The van der Waals surface area contributed by atoms with Gasteiger partial charge >= 0.3 is 11.9 Å². The minimum Gasteiger partial charge on any atom is -0.480 e. The molecule has 0 bridgehead atoms. The second kappa shape index (κ2) is 7.40. The highest BCUT2D eigenvalue weighted by Crippen LogP contribution is 2.13. The van der Waals surface area contributed by atoms with E-state index in [1.807, 2.05) is 0 Å². The number of carbonyl (C=O) groups excluding carboxylic acids is 2. The SMILES string of the molecule is CC(C)(C)OC(=O)C[C@H](NC(=O)CC1CCNC1)C(=O)O. The summed E-state index contributed by atoms with van der Waals surface area (Å²) in [6, 6.07) is -1.25. The van der Waals surface area contributed by atoms with Gasteiger partial charge in [0, 0.05) is 6.42 Å². The number of carboxylic acid groups (broad SMARTS) is 1. The highest BCUT2D eigenvalue weighted by molar-refractivity contribution is 5.87. The van der Waals surface area contributed by atoms with Crippen LogP contribution in [0.15, 0.2) is 0 Å². The molecule has 1 rings (SSSR count). The zero-order valence-corrected chi connectivity index (χ0v) is 12.8. The Morgan fingerprint density at radius 1 is 1.38 bits per heavy atom. The third-order valence-corrected chi connectivity index (χ3v) is 3.06. The Balaban J connectivity index is 2.47. The molecule has 0 aromatic heterocycles. The van der Waals surface area contributed by atoms with Crippen molar-refractivity contribution in [2.45, 2.75) is 51.7 Å².